The van der Waals surface area contributed by atoms with Crippen LogP contribution < -0.4 is 22.1 Å². The maximum absolute atomic E-state index is 11.2. The molecule has 0 aliphatic carbocycles. The largest absolute Gasteiger partial charge is 0.400 e. The van der Waals surface area contributed by atoms with E-state index in [1.165, 1.54) is 45.5 Å². The summed E-state index contributed by atoms with van der Waals surface area (Å²) in [7, 11) is 1.00. The Kier molecular flexibility index (Phi) is 17.1. The molecule has 0 bridgehead atoms. The molecule has 0 saturated carbocycles. The van der Waals surface area contributed by atoms with E-state index in [4.69, 9.17) is 31.3 Å². The van der Waals surface area contributed by atoms with Gasteiger partial charge in [0, 0.05) is 97.5 Å². The highest BCUT2D eigenvalue weighted by Gasteiger charge is 2.11. The molecule has 3 aromatic heterocycles. The summed E-state index contributed by atoms with van der Waals surface area (Å²) >= 11 is 0. The van der Waals surface area contributed by atoms with Crippen LogP contribution in [0.4, 0.5) is 0 Å². The molecule has 4 heterocycles. The Morgan fingerprint density at radius 3 is 1.03 bits per heavy atom. The number of hydrogen-bond donors (Lipinski definition) is 5. The van der Waals surface area contributed by atoms with Gasteiger partial charge in [-0.2, -0.15) is 0 Å². The molecule has 10 nitrogen and oxygen atoms in total. The molecule has 1 aliphatic heterocycles. The topological polar surface area (TPSA) is 161 Å². The number of nitrogens with one attached hydrogen (secondary N) is 2. The van der Waals surface area contributed by atoms with E-state index in [2.05, 4.69) is 113 Å². The van der Waals surface area contributed by atoms with Crippen molar-refractivity contribution in [3.05, 3.63) is 162 Å². The predicted molar refractivity (Wildman–Crippen MR) is 253 cm³/mol. The lowest BCUT2D eigenvalue weighted by molar-refractivity contribution is 0.112. The lowest BCUT2D eigenvalue weighted by Crippen LogP contribution is -2.27. The standard InChI is InChI=1S/C30H26N4.C14H9NO.C4H8O.C2H8N2.CH4O/c1-5-13-27-21(9-1)25(22-10-2-6-14-28(22)33-27)19-31-17-18-32-20-26-23-11-3-7-15-29(23)34-30-16-8-4-12-24(26)30;16-9-12-10-5-1-3-7-13(10)15-14-8-4-2-6-11(12)14;1-2-4-5-3-1;3-1-2-4;1-2/h1-16,31-32H,17-20H2;1-9H;1-4H2;1-4H2;2H,1H3. The first-order valence-corrected chi connectivity index (χ1v) is 20.8. The third-order valence-electron chi connectivity index (χ3n) is 10.2. The Labute approximate surface area is 357 Å². The minimum atomic E-state index is 0.597. The number of fused-ring (bicyclic) bond motifs is 6. The molecular weight excluding hydrogens is 759 g/mol. The van der Waals surface area contributed by atoms with E-state index in [0.717, 1.165) is 102 Å². The van der Waals surface area contributed by atoms with Gasteiger partial charge in [-0.3, -0.25) is 4.79 Å². The van der Waals surface area contributed by atoms with Gasteiger partial charge in [0.25, 0.3) is 0 Å². The molecule has 9 aromatic rings. The van der Waals surface area contributed by atoms with Gasteiger partial charge in [0.15, 0.2) is 6.29 Å². The normalized spacial score (nSPS) is 11.9. The van der Waals surface area contributed by atoms with E-state index in [1.807, 2.05) is 48.5 Å². The summed E-state index contributed by atoms with van der Waals surface area (Å²) in [5, 5.41) is 21.0. The zero-order valence-electron chi connectivity index (χ0n) is 34.8. The second kappa shape index (κ2) is 23.5. The number of nitrogens with zero attached hydrogens (tertiary/aromatic N) is 3. The molecule has 7 N–H and O–H groups in total. The average Bonchev–Trinajstić information content (AvgIpc) is 3.93. The molecule has 6 aromatic carbocycles. The second-order valence-electron chi connectivity index (χ2n) is 14.2. The number of carbonyl (C=O) groups is 1. The van der Waals surface area contributed by atoms with Crippen LogP contribution in [0.15, 0.2) is 146 Å². The molecule has 1 saturated heterocycles. The van der Waals surface area contributed by atoms with Crippen molar-refractivity contribution in [1.29, 1.82) is 0 Å². The molecule has 0 atom stereocenters. The van der Waals surface area contributed by atoms with Crippen LogP contribution in [-0.4, -0.2) is 72.8 Å². The first-order chi connectivity index (χ1) is 30.2. The summed E-state index contributed by atoms with van der Waals surface area (Å²) in [5.74, 6) is 0. The SMILES string of the molecule is C1CCOC1.CO.NCCN.O=Cc1c2ccccc2nc2ccccc12.c1ccc2c(CNCCNCc3c4ccccc4nc4ccccc34)c3ccccc3nc2c1. The number of nitrogens with two attached hydrogens (primary N) is 2. The van der Waals surface area contributed by atoms with Crippen molar-refractivity contribution in [3.8, 4) is 0 Å². The lowest BCUT2D eigenvalue weighted by atomic mass is 10.0. The van der Waals surface area contributed by atoms with Gasteiger partial charge >= 0.3 is 0 Å². The van der Waals surface area contributed by atoms with Crippen molar-refractivity contribution >= 4 is 71.7 Å². The fraction of sp³-hybridized carbons (Fsp3) is 0.216. The summed E-state index contributed by atoms with van der Waals surface area (Å²) in [6, 6.07) is 49.0. The Bertz CT molecular complexity index is 2500. The van der Waals surface area contributed by atoms with Crippen LogP contribution >= 0.6 is 0 Å². The minimum absolute atomic E-state index is 0.597. The summed E-state index contributed by atoms with van der Waals surface area (Å²) in [5.41, 5.74) is 19.1. The van der Waals surface area contributed by atoms with Crippen molar-refractivity contribution in [2.75, 3.05) is 46.5 Å². The zero-order valence-corrected chi connectivity index (χ0v) is 34.8. The van der Waals surface area contributed by atoms with Gasteiger partial charge in [-0.05, 0) is 60.4 Å². The summed E-state index contributed by atoms with van der Waals surface area (Å²) in [4.78, 5) is 25.4. The number of aliphatic hydroxyl groups is 1. The minimum Gasteiger partial charge on any atom is -0.400 e. The number of aromatic nitrogens is 3. The Balaban J connectivity index is 0.000000189. The van der Waals surface area contributed by atoms with E-state index in [1.54, 1.807) is 0 Å². The number of aldehydes is 1. The smallest absolute Gasteiger partial charge is 0.151 e. The number of para-hydroxylation sites is 6. The highest BCUT2D eigenvalue weighted by atomic mass is 16.5. The average molecular weight is 814 g/mol. The maximum Gasteiger partial charge on any atom is 0.151 e. The molecule has 0 radical (unpaired) electrons. The number of carbonyl (C=O) groups excluding carboxylic acids is 1. The van der Waals surface area contributed by atoms with E-state index in [9.17, 15) is 4.79 Å². The molecule has 10 heteroatoms. The fourth-order valence-electron chi connectivity index (χ4n) is 7.35. The number of hydrogen-bond acceptors (Lipinski definition) is 10. The second-order valence-corrected chi connectivity index (χ2v) is 14.2. The van der Waals surface area contributed by atoms with Gasteiger partial charge in [0.05, 0.1) is 33.1 Å². The Morgan fingerprint density at radius 1 is 0.492 bits per heavy atom. The van der Waals surface area contributed by atoms with Gasteiger partial charge in [-0.1, -0.05) is 109 Å². The van der Waals surface area contributed by atoms with Gasteiger partial charge in [-0.15, -0.1) is 0 Å². The summed E-state index contributed by atoms with van der Waals surface area (Å²) in [6.07, 6.45) is 3.46. The molecule has 10 rings (SSSR count). The number of ether oxygens (including phenoxy) is 1. The molecule has 0 amide bonds. The highest BCUT2D eigenvalue weighted by molar-refractivity contribution is 6.09. The maximum atomic E-state index is 11.2. The Hall–Kier alpha value is -6.24. The van der Waals surface area contributed by atoms with Gasteiger partial charge < -0.3 is 31.9 Å². The molecule has 61 heavy (non-hydrogen) atoms. The van der Waals surface area contributed by atoms with Crippen molar-refractivity contribution < 1.29 is 14.6 Å². The van der Waals surface area contributed by atoms with E-state index >= 15 is 0 Å². The number of pyridine rings is 3. The fourth-order valence-corrected chi connectivity index (χ4v) is 7.35. The molecule has 0 spiro atoms. The van der Waals surface area contributed by atoms with Crippen LogP contribution in [0.25, 0.3) is 65.4 Å². The highest BCUT2D eigenvalue weighted by Crippen LogP contribution is 2.28. The lowest BCUT2D eigenvalue weighted by Gasteiger charge is -2.13. The molecule has 312 valence electrons. The van der Waals surface area contributed by atoms with Gasteiger partial charge in [0.1, 0.15) is 0 Å². The van der Waals surface area contributed by atoms with Crippen LogP contribution in [0, 0.1) is 0 Å². The van der Waals surface area contributed by atoms with Crippen LogP contribution in [0.5, 0.6) is 0 Å². The number of aliphatic hydroxyl groups excluding tert-OH is 1. The third-order valence-corrected chi connectivity index (χ3v) is 10.2. The predicted octanol–water partition coefficient (Wildman–Crippen LogP) is 8.48. The van der Waals surface area contributed by atoms with E-state index < -0.39 is 0 Å². The zero-order chi connectivity index (χ0) is 42.7. The van der Waals surface area contributed by atoms with E-state index in [-0.39, 0.29) is 0 Å². The van der Waals surface area contributed by atoms with Gasteiger partial charge in [-0.25, -0.2) is 15.0 Å². The third kappa shape index (κ3) is 11.3. The quantitative estimate of drug-likeness (QED) is 0.0543. The van der Waals surface area contributed by atoms with Crippen LogP contribution in [-0.2, 0) is 17.8 Å². The molecule has 1 aliphatic rings. The van der Waals surface area contributed by atoms with Crippen LogP contribution in [0.1, 0.15) is 34.3 Å². The monoisotopic (exact) mass is 813 g/mol. The first kappa shape index (κ1) is 44.3. The summed E-state index contributed by atoms with van der Waals surface area (Å²) < 4.78 is 4.94. The van der Waals surface area contributed by atoms with Crippen molar-refractivity contribution in [1.82, 2.24) is 25.6 Å². The van der Waals surface area contributed by atoms with Crippen molar-refractivity contribution in [2.45, 2.75) is 25.9 Å². The van der Waals surface area contributed by atoms with Crippen LogP contribution in [0.2, 0.25) is 0 Å². The van der Waals surface area contributed by atoms with Crippen molar-refractivity contribution in [3.63, 3.8) is 0 Å². The first-order valence-electron chi connectivity index (χ1n) is 20.8. The van der Waals surface area contributed by atoms with Crippen LogP contribution in [0.3, 0.4) is 0 Å². The number of benzene rings is 6. The Morgan fingerprint density at radius 2 is 0.770 bits per heavy atom. The summed E-state index contributed by atoms with van der Waals surface area (Å²) in [6.45, 7) is 6.58. The van der Waals surface area contributed by atoms with Gasteiger partial charge in [0.2, 0.25) is 0 Å². The number of rotatable bonds is 9. The van der Waals surface area contributed by atoms with E-state index in [0.29, 0.717) is 13.1 Å². The molecule has 1 fully saturated rings. The molecule has 0 unspecified atom stereocenters. The molecular formula is C51H55N7O3. The van der Waals surface area contributed by atoms with Crippen molar-refractivity contribution in [2.24, 2.45) is 11.5 Å².